The quantitative estimate of drug-likeness (QED) is 0.455. The van der Waals surface area contributed by atoms with Gasteiger partial charge in [-0.25, -0.2) is 0 Å². The first kappa shape index (κ1) is 21.9. The van der Waals surface area contributed by atoms with Crippen LogP contribution >= 0.6 is 0 Å². The van der Waals surface area contributed by atoms with E-state index in [0.29, 0.717) is 30.1 Å². The fraction of sp³-hybridized carbons (Fsp3) is 0.200. The molecule has 0 aliphatic heterocycles. The average Bonchev–Trinajstić information content (AvgIpc) is 2.81. The molecule has 2 amide bonds. The number of hydrogen-bond acceptors (Lipinski definition) is 4. The van der Waals surface area contributed by atoms with Crippen molar-refractivity contribution in [1.82, 2.24) is 5.32 Å². The molecule has 0 saturated carbocycles. The van der Waals surface area contributed by atoms with Gasteiger partial charge in [0, 0.05) is 23.5 Å². The minimum absolute atomic E-state index is 0.0865. The van der Waals surface area contributed by atoms with Crippen molar-refractivity contribution in [3.63, 3.8) is 0 Å². The van der Waals surface area contributed by atoms with E-state index in [1.807, 2.05) is 48.5 Å². The number of carbonyl (C=O) groups is 2. The lowest BCUT2D eigenvalue weighted by Crippen LogP contribution is -2.23. The standard InChI is InChI=1S/C25H27N3O3/c1-2-15-31-23-13-11-21(12-14-23)28-24(29)18-26-22-10-6-9-20(16-22)25(30)27-17-19-7-4-3-5-8-19/h3-14,16,26H,2,15,17-18H2,1H3,(H,27,30)(H,28,29). The van der Waals surface area contributed by atoms with Gasteiger partial charge in [0.2, 0.25) is 5.91 Å². The Morgan fingerprint density at radius 2 is 1.65 bits per heavy atom. The molecule has 6 nitrogen and oxygen atoms in total. The van der Waals surface area contributed by atoms with Crippen LogP contribution < -0.4 is 20.7 Å². The van der Waals surface area contributed by atoms with Crippen LogP contribution in [0, 0.1) is 0 Å². The average molecular weight is 418 g/mol. The number of hydrogen-bond donors (Lipinski definition) is 3. The van der Waals surface area contributed by atoms with Crippen molar-refractivity contribution < 1.29 is 14.3 Å². The third-order valence-corrected chi connectivity index (χ3v) is 4.48. The van der Waals surface area contributed by atoms with Crippen LogP contribution in [0.2, 0.25) is 0 Å². The van der Waals surface area contributed by atoms with E-state index in [1.165, 1.54) is 0 Å². The van der Waals surface area contributed by atoms with Crippen LogP contribution in [-0.2, 0) is 11.3 Å². The van der Waals surface area contributed by atoms with Crippen molar-refractivity contribution >= 4 is 23.2 Å². The van der Waals surface area contributed by atoms with Crippen LogP contribution in [0.15, 0.2) is 78.9 Å². The summed E-state index contributed by atoms with van der Waals surface area (Å²) in [5.41, 5.74) is 2.96. The third kappa shape index (κ3) is 7.19. The van der Waals surface area contributed by atoms with Crippen molar-refractivity contribution in [3.05, 3.63) is 90.0 Å². The van der Waals surface area contributed by atoms with Gasteiger partial charge >= 0.3 is 0 Å². The Labute approximate surface area is 182 Å². The summed E-state index contributed by atoms with van der Waals surface area (Å²) in [7, 11) is 0. The Hall–Kier alpha value is -3.80. The number of amides is 2. The van der Waals surface area contributed by atoms with E-state index in [-0.39, 0.29) is 18.4 Å². The second-order valence-electron chi connectivity index (χ2n) is 7.02. The van der Waals surface area contributed by atoms with Crippen LogP contribution in [0.5, 0.6) is 5.75 Å². The normalized spacial score (nSPS) is 10.2. The van der Waals surface area contributed by atoms with Gasteiger partial charge in [0.25, 0.3) is 5.91 Å². The van der Waals surface area contributed by atoms with Crippen molar-refractivity contribution in [1.29, 1.82) is 0 Å². The summed E-state index contributed by atoms with van der Waals surface area (Å²) >= 11 is 0. The van der Waals surface area contributed by atoms with Crippen molar-refractivity contribution in [2.24, 2.45) is 0 Å². The second kappa shape index (κ2) is 11.4. The molecule has 3 rings (SSSR count). The Morgan fingerprint density at radius 3 is 2.39 bits per heavy atom. The Kier molecular flexibility index (Phi) is 8.05. The first-order valence-corrected chi connectivity index (χ1v) is 10.3. The highest BCUT2D eigenvalue weighted by Gasteiger charge is 2.07. The van der Waals surface area contributed by atoms with Crippen LogP contribution in [0.1, 0.15) is 29.3 Å². The fourth-order valence-electron chi connectivity index (χ4n) is 2.89. The lowest BCUT2D eigenvalue weighted by molar-refractivity contribution is -0.114. The summed E-state index contributed by atoms with van der Waals surface area (Å²) in [6, 6.07) is 24.1. The Morgan fingerprint density at radius 1 is 0.871 bits per heavy atom. The summed E-state index contributed by atoms with van der Waals surface area (Å²) < 4.78 is 5.54. The van der Waals surface area contributed by atoms with Gasteiger partial charge in [-0.05, 0) is 54.4 Å². The van der Waals surface area contributed by atoms with E-state index in [2.05, 4.69) is 22.9 Å². The molecular weight excluding hydrogens is 390 g/mol. The van der Waals surface area contributed by atoms with E-state index in [4.69, 9.17) is 4.74 Å². The summed E-state index contributed by atoms with van der Waals surface area (Å²) in [6.07, 6.45) is 0.944. The van der Waals surface area contributed by atoms with Crippen LogP contribution in [0.25, 0.3) is 0 Å². The molecule has 0 aliphatic rings. The minimum Gasteiger partial charge on any atom is -0.494 e. The summed E-state index contributed by atoms with van der Waals surface area (Å²) in [4.78, 5) is 24.7. The maximum Gasteiger partial charge on any atom is 0.251 e. The maximum atomic E-state index is 12.4. The van der Waals surface area contributed by atoms with Gasteiger partial charge in [0.15, 0.2) is 0 Å². The molecule has 0 unspecified atom stereocenters. The smallest absolute Gasteiger partial charge is 0.251 e. The van der Waals surface area contributed by atoms with Gasteiger partial charge in [-0.15, -0.1) is 0 Å². The van der Waals surface area contributed by atoms with Gasteiger partial charge < -0.3 is 20.7 Å². The molecule has 3 aromatic carbocycles. The monoisotopic (exact) mass is 417 g/mol. The SMILES string of the molecule is CCCOc1ccc(NC(=O)CNc2cccc(C(=O)NCc3ccccc3)c2)cc1. The summed E-state index contributed by atoms with van der Waals surface area (Å²) in [5.74, 6) is 0.434. The van der Waals surface area contributed by atoms with Crippen molar-refractivity contribution in [2.45, 2.75) is 19.9 Å². The molecule has 0 saturated heterocycles. The van der Waals surface area contributed by atoms with Crippen LogP contribution in [-0.4, -0.2) is 25.0 Å². The minimum atomic E-state index is -0.179. The van der Waals surface area contributed by atoms with E-state index in [0.717, 1.165) is 17.7 Å². The molecular formula is C25H27N3O3. The first-order chi connectivity index (χ1) is 15.1. The largest absolute Gasteiger partial charge is 0.494 e. The predicted octanol–water partition coefficient (Wildman–Crippen LogP) is 4.46. The van der Waals surface area contributed by atoms with E-state index in [9.17, 15) is 9.59 Å². The Bertz CT molecular complexity index is 988. The molecule has 3 aromatic rings. The molecule has 31 heavy (non-hydrogen) atoms. The van der Waals surface area contributed by atoms with Crippen molar-refractivity contribution in [2.75, 3.05) is 23.8 Å². The molecule has 160 valence electrons. The zero-order valence-electron chi connectivity index (χ0n) is 17.6. The fourth-order valence-corrected chi connectivity index (χ4v) is 2.89. The third-order valence-electron chi connectivity index (χ3n) is 4.48. The molecule has 0 heterocycles. The van der Waals surface area contributed by atoms with Gasteiger partial charge in [-0.3, -0.25) is 9.59 Å². The zero-order valence-corrected chi connectivity index (χ0v) is 17.6. The van der Waals surface area contributed by atoms with E-state index in [1.54, 1.807) is 30.3 Å². The Balaban J connectivity index is 1.47. The molecule has 3 N–H and O–H groups in total. The van der Waals surface area contributed by atoms with Gasteiger partial charge in [0.1, 0.15) is 5.75 Å². The maximum absolute atomic E-state index is 12.4. The number of carbonyl (C=O) groups excluding carboxylic acids is 2. The molecule has 0 aromatic heterocycles. The highest BCUT2D eigenvalue weighted by atomic mass is 16.5. The van der Waals surface area contributed by atoms with Gasteiger partial charge in [-0.1, -0.05) is 43.3 Å². The van der Waals surface area contributed by atoms with Crippen LogP contribution in [0.4, 0.5) is 11.4 Å². The predicted molar refractivity (Wildman–Crippen MR) is 123 cm³/mol. The van der Waals surface area contributed by atoms with Gasteiger partial charge in [-0.2, -0.15) is 0 Å². The molecule has 0 fully saturated rings. The van der Waals surface area contributed by atoms with Crippen LogP contribution in [0.3, 0.4) is 0 Å². The number of rotatable bonds is 10. The number of anilines is 2. The summed E-state index contributed by atoms with van der Waals surface area (Å²) in [5, 5.41) is 8.79. The molecule has 0 bridgehead atoms. The highest BCUT2D eigenvalue weighted by Crippen LogP contribution is 2.16. The molecule has 0 radical (unpaired) electrons. The summed E-state index contributed by atoms with van der Waals surface area (Å²) in [6.45, 7) is 3.26. The zero-order chi connectivity index (χ0) is 21.9. The van der Waals surface area contributed by atoms with Crippen molar-refractivity contribution in [3.8, 4) is 5.75 Å². The molecule has 0 atom stereocenters. The molecule has 0 spiro atoms. The second-order valence-corrected chi connectivity index (χ2v) is 7.02. The molecule has 0 aliphatic carbocycles. The topological polar surface area (TPSA) is 79.5 Å². The lowest BCUT2D eigenvalue weighted by Gasteiger charge is -2.10. The number of benzene rings is 3. The first-order valence-electron chi connectivity index (χ1n) is 10.3. The lowest BCUT2D eigenvalue weighted by atomic mass is 10.1. The number of ether oxygens (including phenoxy) is 1. The number of nitrogens with one attached hydrogen (secondary N) is 3. The van der Waals surface area contributed by atoms with E-state index >= 15 is 0 Å². The van der Waals surface area contributed by atoms with Gasteiger partial charge in [0.05, 0.1) is 13.2 Å². The van der Waals surface area contributed by atoms with E-state index < -0.39 is 0 Å². The molecule has 6 heteroatoms. The highest BCUT2D eigenvalue weighted by molar-refractivity contribution is 5.96.